The van der Waals surface area contributed by atoms with Gasteiger partial charge in [0, 0.05) is 18.5 Å². The van der Waals surface area contributed by atoms with E-state index in [0.717, 1.165) is 17.5 Å². The minimum Gasteiger partial charge on any atom is -0.406 e. The van der Waals surface area contributed by atoms with Crippen LogP contribution < -0.4 is 10.1 Å². The molecule has 4 nitrogen and oxygen atoms in total. The quantitative estimate of drug-likeness (QED) is 0.922. The van der Waals surface area contributed by atoms with Crippen LogP contribution in [-0.4, -0.2) is 23.4 Å². The fourth-order valence-electron chi connectivity index (χ4n) is 3.21. The number of nitrogens with zero attached hydrogens (tertiary/aromatic N) is 1. The van der Waals surface area contributed by atoms with E-state index in [0.29, 0.717) is 30.6 Å². The van der Waals surface area contributed by atoms with E-state index in [4.69, 9.17) is 0 Å². The minimum atomic E-state index is -4.74. The predicted molar refractivity (Wildman–Crippen MR) is 84.1 cm³/mol. The molecule has 0 saturated carbocycles. The normalized spacial score (nSPS) is 15.3. The first kappa shape index (κ1) is 16.7. The van der Waals surface area contributed by atoms with Crippen molar-refractivity contribution in [2.24, 2.45) is 5.92 Å². The molecule has 0 fully saturated rings. The lowest BCUT2D eigenvalue weighted by Gasteiger charge is -2.15. The molecule has 1 aromatic heterocycles. The number of amides is 1. The maximum Gasteiger partial charge on any atom is 0.573 e. The number of benzene rings is 1. The smallest absolute Gasteiger partial charge is 0.406 e. The van der Waals surface area contributed by atoms with E-state index in [1.165, 1.54) is 12.1 Å². The zero-order valence-corrected chi connectivity index (χ0v) is 13.5. The van der Waals surface area contributed by atoms with Crippen LogP contribution in [0.3, 0.4) is 0 Å². The topological polar surface area (TPSA) is 43.3 Å². The molecule has 1 aliphatic heterocycles. The van der Waals surface area contributed by atoms with Crippen molar-refractivity contribution in [2.45, 2.75) is 39.6 Å². The molecule has 0 spiro atoms. The van der Waals surface area contributed by atoms with Gasteiger partial charge in [-0.1, -0.05) is 13.8 Å². The van der Waals surface area contributed by atoms with Crippen LogP contribution in [0.2, 0.25) is 0 Å². The monoisotopic (exact) mass is 340 g/mol. The number of carbonyl (C=O) groups is 1. The maximum atomic E-state index is 12.6. The van der Waals surface area contributed by atoms with Crippen molar-refractivity contribution < 1.29 is 22.7 Å². The van der Waals surface area contributed by atoms with Crippen molar-refractivity contribution in [1.29, 1.82) is 0 Å². The van der Waals surface area contributed by atoms with E-state index < -0.39 is 6.36 Å². The fourth-order valence-corrected chi connectivity index (χ4v) is 3.21. The van der Waals surface area contributed by atoms with E-state index in [1.807, 2.05) is 18.4 Å². The predicted octanol–water partition coefficient (Wildman–Crippen LogP) is 3.87. The zero-order chi connectivity index (χ0) is 17.5. The van der Waals surface area contributed by atoms with Crippen molar-refractivity contribution in [3.05, 3.63) is 29.5 Å². The van der Waals surface area contributed by atoms with Crippen LogP contribution in [0.25, 0.3) is 10.9 Å². The maximum absolute atomic E-state index is 12.6. The summed E-state index contributed by atoms with van der Waals surface area (Å²) in [6, 6.07) is 4.43. The Kier molecular flexibility index (Phi) is 4.19. The number of alkyl halides is 3. The van der Waals surface area contributed by atoms with Crippen molar-refractivity contribution in [1.82, 2.24) is 9.88 Å². The Hall–Kier alpha value is -2.18. The van der Waals surface area contributed by atoms with Crippen LogP contribution in [-0.2, 0) is 13.0 Å². The van der Waals surface area contributed by atoms with Gasteiger partial charge in [-0.15, -0.1) is 13.2 Å². The average Bonchev–Trinajstić information content (AvgIpc) is 2.70. The van der Waals surface area contributed by atoms with Gasteiger partial charge in [-0.3, -0.25) is 4.79 Å². The summed E-state index contributed by atoms with van der Waals surface area (Å²) in [6.45, 7) is 5.25. The van der Waals surface area contributed by atoms with Crippen molar-refractivity contribution in [3.8, 4) is 5.75 Å². The molecule has 3 rings (SSSR count). The lowest BCUT2D eigenvalue weighted by atomic mass is 10.0. The second kappa shape index (κ2) is 6.03. The number of aromatic nitrogens is 1. The zero-order valence-electron chi connectivity index (χ0n) is 13.5. The summed E-state index contributed by atoms with van der Waals surface area (Å²) in [5, 5.41) is 3.40. The summed E-state index contributed by atoms with van der Waals surface area (Å²) < 4.78 is 43.8. The molecule has 2 aromatic rings. The highest BCUT2D eigenvalue weighted by Gasteiger charge is 2.32. The molecule has 24 heavy (non-hydrogen) atoms. The van der Waals surface area contributed by atoms with E-state index in [1.54, 1.807) is 6.07 Å². The van der Waals surface area contributed by atoms with Crippen LogP contribution in [0.4, 0.5) is 13.2 Å². The summed E-state index contributed by atoms with van der Waals surface area (Å²) in [5.74, 6) is -0.176. The number of fused-ring (bicyclic) bond motifs is 3. The van der Waals surface area contributed by atoms with E-state index in [2.05, 4.69) is 10.1 Å². The molecule has 0 unspecified atom stereocenters. The van der Waals surface area contributed by atoms with Gasteiger partial charge in [-0.2, -0.15) is 0 Å². The SMILES string of the molecule is CC(C)Cc1cc(OC(F)(F)F)cc2cc3n(c12)CCCNC3=O. The molecule has 130 valence electrons. The van der Waals surface area contributed by atoms with Crippen molar-refractivity contribution in [2.75, 3.05) is 6.54 Å². The van der Waals surface area contributed by atoms with Crippen LogP contribution in [0, 0.1) is 5.92 Å². The van der Waals surface area contributed by atoms with Gasteiger partial charge in [0.25, 0.3) is 5.91 Å². The molecule has 2 heterocycles. The fraction of sp³-hybridized carbons (Fsp3) is 0.471. The molecular formula is C17H19F3N2O2. The molecule has 1 N–H and O–H groups in total. The number of nitrogens with one attached hydrogen (secondary N) is 1. The third-order valence-corrected chi connectivity index (χ3v) is 3.98. The molecule has 7 heteroatoms. The Morgan fingerprint density at radius 1 is 1.29 bits per heavy atom. The molecule has 1 amide bonds. The first-order valence-electron chi connectivity index (χ1n) is 7.94. The molecule has 0 bridgehead atoms. The first-order chi connectivity index (χ1) is 11.2. The largest absolute Gasteiger partial charge is 0.573 e. The lowest BCUT2D eigenvalue weighted by Crippen LogP contribution is -2.22. The number of aryl methyl sites for hydroxylation is 1. The molecule has 1 aromatic carbocycles. The molecule has 1 aliphatic rings. The highest BCUT2D eigenvalue weighted by atomic mass is 19.4. The van der Waals surface area contributed by atoms with Crippen molar-refractivity contribution >= 4 is 16.8 Å². The van der Waals surface area contributed by atoms with Gasteiger partial charge in [0.2, 0.25) is 0 Å². The van der Waals surface area contributed by atoms with Gasteiger partial charge in [0.1, 0.15) is 11.4 Å². The second-order valence-corrected chi connectivity index (χ2v) is 6.46. The summed E-state index contributed by atoms with van der Waals surface area (Å²) >= 11 is 0. The van der Waals surface area contributed by atoms with Gasteiger partial charge in [-0.05, 0) is 42.5 Å². The minimum absolute atomic E-state index is 0.197. The van der Waals surface area contributed by atoms with Crippen LogP contribution >= 0.6 is 0 Å². The van der Waals surface area contributed by atoms with E-state index in [-0.39, 0.29) is 17.6 Å². The highest BCUT2D eigenvalue weighted by Crippen LogP contribution is 2.33. The second-order valence-electron chi connectivity index (χ2n) is 6.46. The number of rotatable bonds is 3. The van der Waals surface area contributed by atoms with Gasteiger partial charge in [-0.25, -0.2) is 0 Å². The van der Waals surface area contributed by atoms with E-state index in [9.17, 15) is 18.0 Å². The van der Waals surface area contributed by atoms with E-state index >= 15 is 0 Å². The van der Waals surface area contributed by atoms with Crippen LogP contribution in [0.5, 0.6) is 5.75 Å². The Labute approximate surface area is 137 Å². The molecule has 0 radical (unpaired) electrons. The number of ether oxygens (including phenoxy) is 1. The molecule has 0 saturated heterocycles. The third-order valence-electron chi connectivity index (χ3n) is 3.98. The standard InChI is InChI=1S/C17H19F3N2O2/c1-10(2)6-11-7-13(24-17(18,19)20)8-12-9-14-16(23)21-4-3-5-22(14)15(11)12/h7-10H,3-6H2,1-2H3,(H,21,23). The molecule has 0 atom stereocenters. The average molecular weight is 340 g/mol. The van der Waals surface area contributed by atoms with Gasteiger partial charge in [0.15, 0.2) is 0 Å². The third kappa shape index (κ3) is 3.34. The number of hydrogen-bond donors (Lipinski definition) is 1. The molecular weight excluding hydrogens is 321 g/mol. The van der Waals surface area contributed by atoms with Gasteiger partial charge >= 0.3 is 6.36 Å². The van der Waals surface area contributed by atoms with Gasteiger partial charge in [0.05, 0.1) is 5.52 Å². The Balaban J connectivity index is 2.19. The summed E-state index contributed by atoms with van der Waals surface area (Å²) in [7, 11) is 0. The number of carbonyl (C=O) groups excluding carboxylic acids is 1. The first-order valence-corrected chi connectivity index (χ1v) is 7.94. The summed E-state index contributed by atoms with van der Waals surface area (Å²) in [4.78, 5) is 12.2. The Morgan fingerprint density at radius 3 is 2.71 bits per heavy atom. The number of halogens is 3. The van der Waals surface area contributed by atoms with Crippen LogP contribution in [0.1, 0.15) is 36.3 Å². The lowest BCUT2D eigenvalue weighted by molar-refractivity contribution is -0.274. The number of hydrogen-bond acceptors (Lipinski definition) is 2. The molecule has 0 aliphatic carbocycles. The Bertz CT molecular complexity index is 778. The summed E-state index contributed by atoms with van der Waals surface area (Å²) in [6.07, 6.45) is -3.35. The Morgan fingerprint density at radius 2 is 2.04 bits per heavy atom. The van der Waals surface area contributed by atoms with Crippen molar-refractivity contribution in [3.63, 3.8) is 0 Å². The highest BCUT2D eigenvalue weighted by molar-refractivity contribution is 6.00. The van der Waals surface area contributed by atoms with Gasteiger partial charge < -0.3 is 14.6 Å². The summed E-state index contributed by atoms with van der Waals surface area (Å²) in [5.41, 5.74) is 2.07. The van der Waals surface area contributed by atoms with Crippen LogP contribution in [0.15, 0.2) is 18.2 Å².